The summed E-state index contributed by atoms with van der Waals surface area (Å²) in [5, 5.41) is 1.18. The highest BCUT2D eigenvalue weighted by Gasteiger charge is 2.20. The molecule has 0 amide bonds. The number of rotatable bonds is 2. The van der Waals surface area contributed by atoms with Crippen molar-refractivity contribution in [3.63, 3.8) is 0 Å². The van der Waals surface area contributed by atoms with Crippen molar-refractivity contribution in [2.24, 2.45) is 5.92 Å². The molecule has 3 heterocycles. The number of fused-ring (bicyclic) bond motifs is 1. The predicted octanol–water partition coefficient (Wildman–Crippen LogP) is 3.87. The maximum atomic E-state index is 12.8. The molecule has 1 atom stereocenters. The third-order valence-electron chi connectivity index (χ3n) is 4.71. The number of aromatic nitrogens is 3. The molecule has 0 bridgehead atoms. The zero-order valence-electron chi connectivity index (χ0n) is 14.0. The molecule has 1 unspecified atom stereocenters. The van der Waals surface area contributed by atoms with Gasteiger partial charge in [0.25, 0.3) is 5.56 Å². The first kappa shape index (κ1) is 16.1. The molecule has 1 saturated heterocycles. The first-order valence-electron chi connectivity index (χ1n) is 8.52. The van der Waals surface area contributed by atoms with Crippen molar-refractivity contribution < 1.29 is 0 Å². The molecular formula is C19H19ClN4O. The Bertz CT molecular complexity index is 967. The van der Waals surface area contributed by atoms with E-state index in [4.69, 9.17) is 11.6 Å². The smallest absolute Gasteiger partial charge is 0.262 e. The third kappa shape index (κ3) is 3.12. The lowest BCUT2D eigenvalue weighted by molar-refractivity contribution is 0.442. The summed E-state index contributed by atoms with van der Waals surface area (Å²) in [7, 11) is 0. The fourth-order valence-electron chi connectivity index (χ4n) is 3.45. The Kier molecular flexibility index (Phi) is 4.17. The average Bonchev–Trinajstić information content (AvgIpc) is 2.62. The molecule has 128 valence electrons. The molecule has 3 aromatic rings. The minimum absolute atomic E-state index is 0.156. The highest BCUT2D eigenvalue weighted by molar-refractivity contribution is 6.30. The summed E-state index contributed by atoms with van der Waals surface area (Å²) in [6.45, 7) is 4.04. The molecule has 2 aromatic heterocycles. The zero-order valence-corrected chi connectivity index (χ0v) is 14.8. The summed E-state index contributed by atoms with van der Waals surface area (Å²) in [4.78, 5) is 26.9. The Labute approximate surface area is 150 Å². The van der Waals surface area contributed by atoms with Gasteiger partial charge in [0.2, 0.25) is 5.95 Å². The van der Waals surface area contributed by atoms with Crippen LogP contribution in [0.2, 0.25) is 5.02 Å². The molecule has 0 spiro atoms. The summed E-state index contributed by atoms with van der Waals surface area (Å²) in [5.41, 5.74) is 2.05. The molecule has 1 fully saturated rings. The Morgan fingerprint density at radius 1 is 1.24 bits per heavy atom. The van der Waals surface area contributed by atoms with Crippen LogP contribution in [0.25, 0.3) is 22.2 Å². The van der Waals surface area contributed by atoms with Gasteiger partial charge in [-0.1, -0.05) is 30.7 Å². The minimum atomic E-state index is -0.156. The lowest BCUT2D eigenvalue weighted by Gasteiger charge is -2.31. The van der Waals surface area contributed by atoms with Crippen LogP contribution in [0.1, 0.15) is 19.8 Å². The quantitative estimate of drug-likeness (QED) is 0.758. The van der Waals surface area contributed by atoms with Crippen LogP contribution in [0.3, 0.4) is 0 Å². The molecule has 0 aliphatic carbocycles. The highest BCUT2D eigenvalue weighted by atomic mass is 35.5. The number of pyridine rings is 1. The van der Waals surface area contributed by atoms with E-state index in [9.17, 15) is 4.79 Å². The minimum Gasteiger partial charge on any atom is -0.342 e. The maximum absolute atomic E-state index is 12.8. The van der Waals surface area contributed by atoms with Gasteiger partial charge in [0, 0.05) is 24.3 Å². The standard InChI is InChI=1S/C19H19ClN4O/c1-12-3-2-10-24(11-12)19-22-17-16(18(25)23-19)15(8-9-21-17)13-4-6-14(20)7-5-13/h4-9,12H,2-3,10-11H2,1H3,(H,21,22,23,25). The molecule has 1 aliphatic rings. The number of hydrogen-bond donors (Lipinski definition) is 1. The van der Waals surface area contributed by atoms with Gasteiger partial charge in [0.15, 0.2) is 5.65 Å². The normalized spacial score (nSPS) is 17.8. The Morgan fingerprint density at radius 3 is 2.80 bits per heavy atom. The van der Waals surface area contributed by atoms with Gasteiger partial charge in [0.1, 0.15) is 0 Å². The van der Waals surface area contributed by atoms with Crippen molar-refractivity contribution in [1.82, 2.24) is 15.0 Å². The second kappa shape index (κ2) is 6.48. The molecular weight excluding hydrogens is 336 g/mol. The number of H-pyrrole nitrogens is 1. The lowest BCUT2D eigenvalue weighted by Crippen LogP contribution is -2.36. The molecule has 1 aromatic carbocycles. The van der Waals surface area contributed by atoms with Gasteiger partial charge in [0.05, 0.1) is 5.39 Å². The van der Waals surface area contributed by atoms with Gasteiger partial charge in [-0.25, -0.2) is 4.98 Å². The third-order valence-corrected chi connectivity index (χ3v) is 4.96. The van der Waals surface area contributed by atoms with Crippen LogP contribution >= 0.6 is 11.6 Å². The fraction of sp³-hybridized carbons (Fsp3) is 0.316. The summed E-state index contributed by atoms with van der Waals surface area (Å²) in [6, 6.07) is 9.27. The van der Waals surface area contributed by atoms with Crippen LogP contribution in [0, 0.1) is 5.92 Å². The van der Waals surface area contributed by atoms with Gasteiger partial charge >= 0.3 is 0 Å². The van der Waals surface area contributed by atoms with Crippen LogP contribution in [0.4, 0.5) is 5.95 Å². The van der Waals surface area contributed by atoms with Crippen LogP contribution < -0.4 is 10.5 Å². The van der Waals surface area contributed by atoms with Crippen molar-refractivity contribution in [1.29, 1.82) is 0 Å². The summed E-state index contributed by atoms with van der Waals surface area (Å²) in [6.07, 6.45) is 4.02. The van der Waals surface area contributed by atoms with Gasteiger partial charge in [-0.15, -0.1) is 0 Å². The molecule has 25 heavy (non-hydrogen) atoms. The summed E-state index contributed by atoms with van der Waals surface area (Å²) >= 11 is 5.97. The van der Waals surface area contributed by atoms with E-state index in [2.05, 4.69) is 26.8 Å². The van der Waals surface area contributed by atoms with Gasteiger partial charge in [-0.05, 0) is 48.1 Å². The largest absolute Gasteiger partial charge is 0.342 e. The van der Waals surface area contributed by atoms with Gasteiger partial charge in [-0.3, -0.25) is 9.78 Å². The molecule has 1 aliphatic heterocycles. The van der Waals surface area contributed by atoms with Crippen LogP contribution in [0.15, 0.2) is 41.3 Å². The van der Waals surface area contributed by atoms with E-state index in [-0.39, 0.29) is 5.56 Å². The number of nitrogens with one attached hydrogen (secondary N) is 1. The Morgan fingerprint density at radius 2 is 2.04 bits per heavy atom. The zero-order chi connectivity index (χ0) is 17.4. The van der Waals surface area contributed by atoms with Crippen LogP contribution in [0.5, 0.6) is 0 Å². The van der Waals surface area contributed by atoms with Crippen LogP contribution in [-0.2, 0) is 0 Å². The number of nitrogens with zero attached hydrogens (tertiary/aromatic N) is 3. The van der Waals surface area contributed by atoms with E-state index in [1.165, 1.54) is 6.42 Å². The van der Waals surface area contributed by atoms with E-state index in [1.807, 2.05) is 30.3 Å². The SMILES string of the molecule is CC1CCCN(c2nc3nccc(-c4ccc(Cl)cc4)c3c(=O)[nH]2)C1. The highest BCUT2D eigenvalue weighted by Crippen LogP contribution is 2.27. The molecule has 1 N–H and O–H groups in total. The van der Waals surface area contributed by atoms with E-state index < -0.39 is 0 Å². The van der Waals surface area contributed by atoms with E-state index >= 15 is 0 Å². The van der Waals surface area contributed by atoms with Gasteiger partial charge in [-0.2, -0.15) is 4.98 Å². The predicted molar refractivity (Wildman–Crippen MR) is 101 cm³/mol. The Hall–Kier alpha value is -2.40. The second-order valence-electron chi connectivity index (χ2n) is 6.65. The van der Waals surface area contributed by atoms with E-state index in [0.717, 1.165) is 30.6 Å². The maximum Gasteiger partial charge on any atom is 0.262 e. The van der Waals surface area contributed by atoms with Crippen molar-refractivity contribution in [2.75, 3.05) is 18.0 Å². The molecule has 5 nitrogen and oxygen atoms in total. The second-order valence-corrected chi connectivity index (χ2v) is 7.08. The number of piperidine rings is 1. The van der Waals surface area contributed by atoms with Crippen molar-refractivity contribution in [3.05, 3.63) is 51.9 Å². The number of benzene rings is 1. The Balaban J connectivity index is 1.83. The molecule has 6 heteroatoms. The summed E-state index contributed by atoms with van der Waals surface area (Å²) in [5.74, 6) is 1.22. The average molecular weight is 355 g/mol. The van der Waals surface area contributed by atoms with Crippen molar-refractivity contribution in [2.45, 2.75) is 19.8 Å². The first-order valence-corrected chi connectivity index (χ1v) is 8.89. The molecule has 4 rings (SSSR count). The lowest BCUT2D eigenvalue weighted by atomic mass is 10.0. The summed E-state index contributed by atoms with van der Waals surface area (Å²) < 4.78 is 0. The first-order chi connectivity index (χ1) is 12.1. The number of anilines is 1. The molecule has 0 radical (unpaired) electrons. The number of hydrogen-bond acceptors (Lipinski definition) is 4. The number of aromatic amines is 1. The topological polar surface area (TPSA) is 61.9 Å². The monoisotopic (exact) mass is 354 g/mol. The van der Waals surface area contributed by atoms with Gasteiger partial charge < -0.3 is 4.90 Å². The van der Waals surface area contributed by atoms with Crippen LogP contribution in [-0.4, -0.2) is 28.0 Å². The fourth-order valence-corrected chi connectivity index (χ4v) is 3.58. The van der Waals surface area contributed by atoms with E-state index in [0.29, 0.717) is 27.9 Å². The number of halogens is 1. The van der Waals surface area contributed by atoms with E-state index in [1.54, 1.807) is 6.20 Å². The molecule has 0 saturated carbocycles. The van der Waals surface area contributed by atoms with Crippen molar-refractivity contribution in [3.8, 4) is 11.1 Å². The van der Waals surface area contributed by atoms with Crippen molar-refractivity contribution >= 4 is 28.6 Å².